The molecule has 2 aromatic heterocycles. The Kier molecular flexibility index (Phi) is 5.21. The van der Waals surface area contributed by atoms with E-state index in [4.69, 9.17) is 9.72 Å². The van der Waals surface area contributed by atoms with Crippen molar-refractivity contribution in [1.82, 2.24) is 20.2 Å². The molecular weight excluding hydrogens is 326 g/mol. The maximum Gasteiger partial charge on any atom is 0.132 e. The Morgan fingerprint density at radius 1 is 1.08 bits per heavy atom. The third-order valence-corrected chi connectivity index (χ3v) is 4.61. The van der Waals surface area contributed by atoms with Gasteiger partial charge in [-0.25, -0.2) is 9.97 Å². The second kappa shape index (κ2) is 8.10. The molecule has 0 aliphatic carbocycles. The molecule has 3 heterocycles. The molecule has 0 unspecified atom stereocenters. The number of nitrogens with one attached hydrogen (secondary N) is 1. The maximum absolute atomic E-state index is 5.34. The molecule has 1 aliphatic heterocycles. The van der Waals surface area contributed by atoms with Crippen molar-refractivity contribution in [2.75, 3.05) is 24.7 Å². The molecule has 1 N–H and O–H groups in total. The van der Waals surface area contributed by atoms with E-state index in [0.717, 1.165) is 56.4 Å². The minimum atomic E-state index is 0.560. The van der Waals surface area contributed by atoms with E-state index >= 15 is 0 Å². The van der Waals surface area contributed by atoms with Crippen molar-refractivity contribution < 1.29 is 4.74 Å². The Labute approximate surface area is 153 Å². The summed E-state index contributed by atoms with van der Waals surface area (Å²) in [6.07, 6.45) is 7.44. The van der Waals surface area contributed by atoms with Gasteiger partial charge in [-0.2, -0.15) is 5.10 Å². The van der Waals surface area contributed by atoms with Crippen LogP contribution in [0.1, 0.15) is 17.0 Å². The smallest absolute Gasteiger partial charge is 0.132 e. The van der Waals surface area contributed by atoms with Crippen molar-refractivity contribution in [3.8, 4) is 0 Å². The Morgan fingerprint density at radius 2 is 1.96 bits per heavy atom. The zero-order chi connectivity index (χ0) is 17.6. The SMILES string of the molecule is c1ccc(CCc2nccc(N(Cc3cn[nH]c3)CC3COC3)n2)cc1. The van der Waals surface area contributed by atoms with Gasteiger partial charge in [-0.1, -0.05) is 30.3 Å². The van der Waals surface area contributed by atoms with Crippen LogP contribution in [0.3, 0.4) is 0 Å². The molecule has 1 aliphatic rings. The average Bonchev–Trinajstić information content (AvgIpc) is 3.16. The summed E-state index contributed by atoms with van der Waals surface area (Å²) in [7, 11) is 0. The molecule has 3 aromatic rings. The van der Waals surface area contributed by atoms with Gasteiger partial charge in [-0.15, -0.1) is 0 Å². The third-order valence-electron chi connectivity index (χ3n) is 4.61. The monoisotopic (exact) mass is 349 g/mol. The highest BCUT2D eigenvalue weighted by atomic mass is 16.5. The molecule has 134 valence electrons. The standard InChI is InChI=1S/C20H23N5O/c1-2-4-16(5-3-1)6-7-19-21-9-8-20(24-19)25(13-18-14-26-15-18)12-17-10-22-23-11-17/h1-5,8-11,18H,6-7,12-15H2,(H,22,23). The van der Waals surface area contributed by atoms with Gasteiger partial charge in [0.05, 0.1) is 19.4 Å². The Morgan fingerprint density at radius 3 is 2.69 bits per heavy atom. The van der Waals surface area contributed by atoms with E-state index < -0.39 is 0 Å². The second-order valence-electron chi connectivity index (χ2n) is 6.71. The van der Waals surface area contributed by atoms with Gasteiger partial charge in [0.15, 0.2) is 0 Å². The fourth-order valence-electron chi connectivity index (χ4n) is 3.11. The molecule has 0 amide bonds. The number of ether oxygens (including phenoxy) is 1. The minimum Gasteiger partial charge on any atom is -0.381 e. The molecule has 0 radical (unpaired) electrons. The van der Waals surface area contributed by atoms with Crippen molar-refractivity contribution in [3.63, 3.8) is 0 Å². The predicted molar refractivity (Wildman–Crippen MR) is 99.8 cm³/mol. The average molecular weight is 349 g/mol. The van der Waals surface area contributed by atoms with Gasteiger partial charge in [0, 0.05) is 43.4 Å². The van der Waals surface area contributed by atoms with E-state index in [1.54, 1.807) is 0 Å². The summed E-state index contributed by atoms with van der Waals surface area (Å²) >= 11 is 0. The van der Waals surface area contributed by atoms with Gasteiger partial charge in [0.25, 0.3) is 0 Å². The van der Waals surface area contributed by atoms with Crippen LogP contribution in [0.2, 0.25) is 0 Å². The van der Waals surface area contributed by atoms with Crippen molar-refractivity contribution >= 4 is 5.82 Å². The fourth-order valence-corrected chi connectivity index (χ4v) is 3.11. The number of H-pyrrole nitrogens is 1. The van der Waals surface area contributed by atoms with Gasteiger partial charge < -0.3 is 9.64 Å². The number of nitrogens with zero attached hydrogens (tertiary/aromatic N) is 4. The van der Waals surface area contributed by atoms with Crippen molar-refractivity contribution in [3.05, 3.63) is 71.9 Å². The van der Waals surface area contributed by atoms with Gasteiger partial charge >= 0.3 is 0 Å². The highest BCUT2D eigenvalue weighted by molar-refractivity contribution is 5.38. The summed E-state index contributed by atoms with van der Waals surface area (Å²) in [5.74, 6) is 2.41. The van der Waals surface area contributed by atoms with Crippen LogP contribution in [0.4, 0.5) is 5.82 Å². The number of benzene rings is 1. The van der Waals surface area contributed by atoms with Crippen LogP contribution in [0.25, 0.3) is 0 Å². The first-order valence-electron chi connectivity index (χ1n) is 9.03. The maximum atomic E-state index is 5.34. The number of aryl methyl sites for hydroxylation is 2. The highest BCUT2D eigenvalue weighted by Gasteiger charge is 2.23. The molecule has 6 heteroatoms. The zero-order valence-corrected chi connectivity index (χ0v) is 14.7. The van der Waals surface area contributed by atoms with Gasteiger partial charge in [-0.3, -0.25) is 5.10 Å². The fraction of sp³-hybridized carbons (Fsp3) is 0.350. The van der Waals surface area contributed by atoms with E-state index in [1.807, 2.05) is 30.7 Å². The molecule has 1 aromatic carbocycles. The molecule has 0 atom stereocenters. The number of hydrogen-bond acceptors (Lipinski definition) is 5. The molecule has 1 fully saturated rings. The third kappa shape index (κ3) is 4.26. The number of aromatic amines is 1. The molecule has 0 bridgehead atoms. The summed E-state index contributed by atoms with van der Waals surface area (Å²) in [5.41, 5.74) is 2.46. The van der Waals surface area contributed by atoms with E-state index in [-0.39, 0.29) is 0 Å². The quantitative estimate of drug-likeness (QED) is 0.677. The normalized spacial score (nSPS) is 14.2. The number of anilines is 1. The van der Waals surface area contributed by atoms with Crippen molar-refractivity contribution in [1.29, 1.82) is 0 Å². The molecule has 0 saturated carbocycles. The van der Waals surface area contributed by atoms with E-state index in [9.17, 15) is 0 Å². The van der Waals surface area contributed by atoms with Crippen LogP contribution in [-0.2, 0) is 24.1 Å². The Balaban J connectivity index is 1.47. The molecule has 0 spiro atoms. The Bertz CT molecular complexity index is 802. The topological polar surface area (TPSA) is 66.9 Å². The number of rotatable bonds is 8. The van der Waals surface area contributed by atoms with E-state index in [0.29, 0.717) is 5.92 Å². The lowest BCUT2D eigenvalue weighted by molar-refractivity contribution is -0.0278. The van der Waals surface area contributed by atoms with Crippen LogP contribution in [0.5, 0.6) is 0 Å². The Hall–Kier alpha value is -2.73. The highest BCUT2D eigenvalue weighted by Crippen LogP contribution is 2.20. The van der Waals surface area contributed by atoms with Crippen LogP contribution < -0.4 is 4.90 Å². The minimum absolute atomic E-state index is 0.560. The summed E-state index contributed by atoms with van der Waals surface area (Å²) in [6, 6.07) is 12.5. The first kappa shape index (κ1) is 16.7. The molecular formula is C20H23N5O. The van der Waals surface area contributed by atoms with Crippen LogP contribution in [-0.4, -0.2) is 39.9 Å². The van der Waals surface area contributed by atoms with Crippen LogP contribution in [0, 0.1) is 5.92 Å². The number of aromatic nitrogens is 4. The van der Waals surface area contributed by atoms with Crippen molar-refractivity contribution in [2.45, 2.75) is 19.4 Å². The molecule has 4 rings (SSSR count). The lowest BCUT2D eigenvalue weighted by Gasteiger charge is -2.33. The van der Waals surface area contributed by atoms with E-state index in [2.05, 4.69) is 44.3 Å². The largest absolute Gasteiger partial charge is 0.381 e. The molecule has 1 saturated heterocycles. The molecule has 6 nitrogen and oxygen atoms in total. The predicted octanol–water partition coefficient (Wildman–Crippen LogP) is 2.64. The lowest BCUT2D eigenvalue weighted by Crippen LogP contribution is -2.39. The van der Waals surface area contributed by atoms with Crippen LogP contribution in [0.15, 0.2) is 55.0 Å². The van der Waals surface area contributed by atoms with E-state index in [1.165, 1.54) is 5.56 Å². The summed E-state index contributed by atoms with van der Waals surface area (Å²) in [6.45, 7) is 3.37. The number of hydrogen-bond donors (Lipinski definition) is 1. The molecule has 26 heavy (non-hydrogen) atoms. The summed E-state index contributed by atoms with van der Waals surface area (Å²) in [4.78, 5) is 11.6. The zero-order valence-electron chi connectivity index (χ0n) is 14.7. The van der Waals surface area contributed by atoms with Gasteiger partial charge in [-0.05, 0) is 18.1 Å². The van der Waals surface area contributed by atoms with Gasteiger partial charge in [0.2, 0.25) is 0 Å². The summed E-state index contributed by atoms with van der Waals surface area (Å²) < 4.78 is 5.34. The lowest BCUT2D eigenvalue weighted by atomic mass is 10.1. The van der Waals surface area contributed by atoms with Crippen LogP contribution >= 0.6 is 0 Å². The summed E-state index contributed by atoms with van der Waals surface area (Å²) in [5, 5.41) is 6.94. The first-order valence-corrected chi connectivity index (χ1v) is 9.03. The second-order valence-corrected chi connectivity index (χ2v) is 6.71. The first-order chi connectivity index (χ1) is 12.9. The van der Waals surface area contributed by atoms with Gasteiger partial charge in [0.1, 0.15) is 11.6 Å². The van der Waals surface area contributed by atoms with Crippen molar-refractivity contribution in [2.24, 2.45) is 5.92 Å².